The molecule has 22 heavy (non-hydrogen) atoms. The highest BCUT2D eigenvalue weighted by Crippen LogP contribution is 2.39. The van der Waals surface area contributed by atoms with Crippen LogP contribution in [0.4, 0.5) is 0 Å². The van der Waals surface area contributed by atoms with Crippen LogP contribution in [0.3, 0.4) is 0 Å². The van der Waals surface area contributed by atoms with Crippen molar-refractivity contribution in [2.75, 3.05) is 20.8 Å². The second kappa shape index (κ2) is 7.24. The smallest absolute Gasteiger partial charge is 0.211 e. The Morgan fingerprint density at radius 1 is 1.32 bits per heavy atom. The van der Waals surface area contributed by atoms with Gasteiger partial charge in [0, 0.05) is 28.9 Å². The van der Waals surface area contributed by atoms with Gasteiger partial charge in [-0.05, 0) is 18.9 Å². The third-order valence-corrected chi connectivity index (χ3v) is 4.27. The fourth-order valence-corrected chi connectivity index (χ4v) is 3.16. The van der Waals surface area contributed by atoms with Gasteiger partial charge in [-0.3, -0.25) is 14.9 Å². The Morgan fingerprint density at radius 2 is 2.09 bits per heavy atom. The van der Waals surface area contributed by atoms with E-state index in [0.29, 0.717) is 29.9 Å². The van der Waals surface area contributed by atoms with Gasteiger partial charge in [-0.15, -0.1) is 0 Å². The van der Waals surface area contributed by atoms with E-state index in [4.69, 9.17) is 9.47 Å². The van der Waals surface area contributed by atoms with Gasteiger partial charge in [0.05, 0.1) is 20.1 Å². The lowest BCUT2D eigenvalue weighted by Crippen LogP contribution is -2.30. The first-order valence-corrected chi connectivity index (χ1v) is 7.43. The molecule has 0 aliphatic heterocycles. The van der Waals surface area contributed by atoms with Crippen LogP contribution in [-0.4, -0.2) is 31.5 Å². The van der Waals surface area contributed by atoms with E-state index in [0.717, 1.165) is 12.8 Å². The number of carbonyl (C=O) groups excluding carboxylic acids is 1. The van der Waals surface area contributed by atoms with E-state index < -0.39 is 5.92 Å². The molecule has 1 aliphatic carbocycles. The predicted molar refractivity (Wildman–Crippen MR) is 81.1 cm³/mol. The highest BCUT2D eigenvalue weighted by Gasteiger charge is 2.36. The molecule has 120 valence electrons. The lowest BCUT2D eigenvalue weighted by molar-refractivity contribution is -0.484. The fourth-order valence-electron chi connectivity index (χ4n) is 3.16. The van der Waals surface area contributed by atoms with Gasteiger partial charge in [-0.2, -0.15) is 0 Å². The Morgan fingerprint density at radius 3 is 2.68 bits per heavy atom. The normalized spacial score (nSPS) is 19.5. The molecular formula is C16H21NO5. The molecule has 1 fully saturated rings. The fraction of sp³-hybridized carbons (Fsp3) is 0.562. The number of nitro groups is 1. The van der Waals surface area contributed by atoms with Gasteiger partial charge in [0.25, 0.3) is 0 Å². The number of carbonyl (C=O) groups is 1. The van der Waals surface area contributed by atoms with Gasteiger partial charge in [0.15, 0.2) is 0 Å². The van der Waals surface area contributed by atoms with Crippen molar-refractivity contribution in [1.29, 1.82) is 0 Å². The average Bonchev–Trinajstić information content (AvgIpc) is 2.52. The zero-order valence-corrected chi connectivity index (χ0v) is 12.9. The summed E-state index contributed by atoms with van der Waals surface area (Å²) in [5, 5.41) is 11.1. The maximum Gasteiger partial charge on any atom is 0.211 e. The minimum atomic E-state index is -0.455. The molecule has 1 aliphatic rings. The van der Waals surface area contributed by atoms with Crippen LogP contribution in [-0.2, 0) is 4.79 Å². The molecule has 1 saturated carbocycles. The van der Waals surface area contributed by atoms with E-state index >= 15 is 0 Å². The SMILES string of the molecule is COc1ccc([C@H](C[N+](=O)[O-])[C@@H]2CCCCC2=O)c(OC)c1. The van der Waals surface area contributed by atoms with Crippen LogP contribution in [0.15, 0.2) is 18.2 Å². The third kappa shape index (κ3) is 3.55. The molecule has 2 rings (SSSR count). The van der Waals surface area contributed by atoms with Crippen LogP contribution >= 0.6 is 0 Å². The van der Waals surface area contributed by atoms with E-state index in [9.17, 15) is 14.9 Å². The lowest BCUT2D eigenvalue weighted by atomic mass is 9.75. The zero-order chi connectivity index (χ0) is 16.1. The van der Waals surface area contributed by atoms with Gasteiger partial charge in [-0.25, -0.2) is 0 Å². The molecule has 0 N–H and O–H groups in total. The third-order valence-electron chi connectivity index (χ3n) is 4.27. The van der Waals surface area contributed by atoms with E-state index in [1.807, 2.05) is 0 Å². The zero-order valence-electron chi connectivity index (χ0n) is 12.9. The van der Waals surface area contributed by atoms with E-state index in [1.165, 1.54) is 7.11 Å². The molecule has 6 nitrogen and oxygen atoms in total. The summed E-state index contributed by atoms with van der Waals surface area (Å²) in [6.07, 6.45) is 3.02. The Kier molecular flexibility index (Phi) is 5.35. The first-order chi connectivity index (χ1) is 10.6. The number of ketones is 1. The molecule has 0 unspecified atom stereocenters. The van der Waals surface area contributed by atoms with Gasteiger partial charge >= 0.3 is 0 Å². The van der Waals surface area contributed by atoms with E-state index in [-0.39, 0.29) is 23.2 Å². The summed E-state index contributed by atoms with van der Waals surface area (Å²) < 4.78 is 10.5. The van der Waals surface area contributed by atoms with Crippen LogP contribution in [0.5, 0.6) is 11.5 Å². The number of benzene rings is 1. The lowest BCUT2D eigenvalue weighted by Gasteiger charge is -2.28. The van der Waals surface area contributed by atoms with E-state index in [2.05, 4.69) is 0 Å². The molecule has 0 radical (unpaired) electrons. The van der Waals surface area contributed by atoms with E-state index in [1.54, 1.807) is 25.3 Å². The van der Waals surface area contributed by atoms with Crippen LogP contribution < -0.4 is 9.47 Å². The monoisotopic (exact) mass is 307 g/mol. The summed E-state index contributed by atoms with van der Waals surface area (Å²) in [6.45, 7) is -0.265. The average molecular weight is 307 g/mol. The quantitative estimate of drug-likeness (QED) is 0.596. The van der Waals surface area contributed by atoms with Crippen molar-refractivity contribution in [3.05, 3.63) is 33.9 Å². The Bertz CT molecular complexity index is 557. The van der Waals surface area contributed by atoms with Crippen molar-refractivity contribution in [3.8, 4) is 11.5 Å². The van der Waals surface area contributed by atoms with Gasteiger partial charge < -0.3 is 9.47 Å². The second-order valence-electron chi connectivity index (χ2n) is 5.55. The Hall–Kier alpha value is -2.11. The van der Waals surface area contributed by atoms with Crippen molar-refractivity contribution < 1.29 is 19.2 Å². The summed E-state index contributed by atoms with van der Waals surface area (Å²) in [5.74, 6) is 0.515. The molecule has 1 aromatic carbocycles. The van der Waals surface area contributed by atoms with Gasteiger partial charge in [0.2, 0.25) is 6.54 Å². The van der Waals surface area contributed by atoms with Crippen LogP contribution in [0, 0.1) is 16.0 Å². The minimum Gasteiger partial charge on any atom is -0.497 e. The van der Waals surface area contributed by atoms with Crippen molar-refractivity contribution >= 4 is 5.78 Å². The summed E-state index contributed by atoms with van der Waals surface area (Å²) in [5.41, 5.74) is 0.709. The standard InChI is InChI=1S/C16H21NO5/c1-21-11-7-8-13(16(9-11)22-2)14(10-17(19)20)12-5-3-4-6-15(12)18/h7-9,12,14H,3-6,10H2,1-2H3/t12-,14+/m0/s1. The largest absolute Gasteiger partial charge is 0.497 e. The molecular weight excluding hydrogens is 286 g/mol. The van der Waals surface area contributed by atoms with Crippen molar-refractivity contribution in [2.24, 2.45) is 5.92 Å². The molecule has 0 bridgehead atoms. The number of rotatable bonds is 6. The van der Waals surface area contributed by atoms with Gasteiger partial charge in [0.1, 0.15) is 17.3 Å². The number of hydrogen-bond donors (Lipinski definition) is 0. The molecule has 1 aromatic rings. The Labute approximate surface area is 129 Å². The van der Waals surface area contributed by atoms with Crippen molar-refractivity contribution in [2.45, 2.75) is 31.6 Å². The summed E-state index contributed by atoms with van der Waals surface area (Å²) in [6, 6.07) is 5.22. The second-order valence-corrected chi connectivity index (χ2v) is 5.55. The highest BCUT2D eigenvalue weighted by molar-refractivity contribution is 5.82. The molecule has 0 spiro atoms. The molecule has 0 amide bonds. The molecule has 6 heteroatoms. The first-order valence-electron chi connectivity index (χ1n) is 7.43. The van der Waals surface area contributed by atoms with Crippen LogP contribution in [0.1, 0.15) is 37.2 Å². The molecule has 0 heterocycles. The minimum absolute atomic E-state index is 0.121. The maximum absolute atomic E-state index is 12.2. The number of nitrogens with zero attached hydrogens (tertiary/aromatic N) is 1. The Balaban J connectivity index is 2.40. The number of Topliss-reactive ketones (excluding diaryl/α,β-unsaturated/α-hetero) is 1. The van der Waals surface area contributed by atoms with Crippen LogP contribution in [0.25, 0.3) is 0 Å². The van der Waals surface area contributed by atoms with Crippen LogP contribution in [0.2, 0.25) is 0 Å². The first kappa shape index (κ1) is 16.3. The summed E-state index contributed by atoms with van der Waals surface area (Å²) in [7, 11) is 3.07. The molecule has 0 saturated heterocycles. The number of hydrogen-bond acceptors (Lipinski definition) is 5. The molecule has 2 atom stereocenters. The maximum atomic E-state index is 12.2. The highest BCUT2D eigenvalue weighted by atomic mass is 16.6. The predicted octanol–water partition coefficient (Wildman–Crippen LogP) is 2.82. The topological polar surface area (TPSA) is 78.7 Å². The number of methoxy groups -OCH3 is 2. The number of ether oxygens (including phenoxy) is 2. The van der Waals surface area contributed by atoms with Crippen molar-refractivity contribution in [3.63, 3.8) is 0 Å². The van der Waals surface area contributed by atoms with Crippen molar-refractivity contribution in [1.82, 2.24) is 0 Å². The van der Waals surface area contributed by atoms with Gasteiger partial charge in [-0.1, -0.05) is 12.5 Å². The summed E-state index contributed by atoms with van der Waals surface area (Å²) in [4.78, 5) is 23.0. The summed E-state index contributed by atoms with van der Waals surface area (Å²) >= 11 is 0. The molecule has 0 aromatic heterocycles.